The molecule has 4 heteroatoms. The number of rotatable bonds is 32. The van der Waals surface area contributed by atoms with Crippen molar-refractivity contribution in [1.29, 1.82) is 0 Å². The Morgan fingerprint density at radius 2 is 0.733 bits per heavy atom. The Morgan fingerprint density at radius 3 is 1.02 bits per heavy atom. The van der Waals surface area contributed by atoms with Crippen LogP contribution in [0.25, 0.3) is 0 Å². The van der Waals surface area contributed by atoms with Gasteiger partial charge in [-0.25, -0.2) is 0 Å². The molecule has 0 aliphatic heterocycles. The third-order valence-corrected chi connectivity index (χ3v) is 11.4. The molecule has 0 heterocycles. The summed E-state index contributed by atoms with van der Waals surface area (Å²) in [6.45, 7) is 6.67. The first-order valence-corrected chi connectivity index (χ1v) is 20.3. The lowest BCUT2D eigenvalue weighted by Crippen LogP contribution is -2.56. The Kier molecular flexibility index (Phi) is 25.1. The van der Waals surface area contributed by atoms with E-state index in [1.165, 1.54) is 141 Å². The molecule has 266 valence electrons. The van der Waals surface area contributed by atoms with E-state index in [-0.39, 0.29) is 5.92 Å². The fourth-order valence-electron chi connectivity index (χ4n) is 8.39. The first kappa shape index (κ1) is 42.0. The minimum atomic E-state index is -1.12. The second-order valence-corrected chi connectivity index (χ2v) is 15.3. The molecule has 1 aliphatic rings. The number of carboxylic acid groups (broad SMARTS) is 2. The fraction of sp³-hybridized carbons (Fsp3) is 0.951. The van der Waals surface area contributed by atoms with Crippen LogP contribution in [0, 0.1) is 16.7 Å². The summed E-state index contributed by atoms with van der Waals surface area (Å²) in [4.78, 5) is 25.9. The van der Waals surface area contributed by atoms with E-state index in [0.29, 0.717) is 25.7 Å². The van der Waals surface area contributed by atoms with E-state index >= 15 is 0 Å². The second kappa shape index (κ2) is 26.9. The molecule has 45 heavy (non-hydrogen) atoms. The Hall–Kier alpha value is -1.06. The summed E-state index contributed by atoms with van der Waals surface area (Å²) in [5, 5.41) is 21.3. The zero-order valence-electron chi connectivity index (χ0n) is 30.6. The monoisotopic (exact) mass is 635 g/mol. The number of hydrogen-bond acceptors (Lipinski definition) is 2. The van der Waals surface area contributed by atoms with Gasteiger partial charge in [-0.05, 0) is 38.0 Å². The van der Waals surface area contributed by atoms with Gasteiger partial charge < -0.3 is 10.2 Å². The van der Waals surface area contributed by atoms with Crippen molar-refractivity contribution in [1.82, 2.24) is 0 Å². The lowest BCUT2D eigenvalue weighted by Gasteiger charge is -2.50. The molecule has 0 aromatic rings. The first-order chi connectivity index (χ1) is 21.9. The number of carbonyl (C=O) groups is 2. The summed E-state index contributed by atoms with van der Waals surface area (Å²) in [6, 6.07) is 0. The predicted octanol–water partition coefficient (Wildman–Crippen LogP) is 13.7. The molecular weight excluding hydrogens is 556 g/mol. The van der Waals surface area contributed by atoms with Crippen molar-refractivity contribution >= 4 is 11.9 Å². The second-order valence-electron chi connectivity index (χ2n) is 15.3. The molecular formula is C41H78O4. The molecule has 0 aromatic heterocycles. The molecule has 1 aliphatic carbocycles. The number of hydrogen-bond donors (Lipinski definition) is 2. The topological polar surface area (TPSA) is 74.6 Å². The Balaban J connectivity index is 2.39. The highest BCUT2D eigenvalue weighted by atomic mass is 16.4. The van der Waals surface area contributed by atoms with Crippen LogP contribution >= 0.6 is 0 Å². The van der Waals surface area contributed by atoms with Gasteiger partial charge in [0.15, 0.2) is 0 Å². The maximum absolute atomic E-state index is 13.0. The molecule has 0 radical (unpaired) electrons. The van der Waals surface area contributed by atoms with Crippen LogP contribution in [0.2, 0.25) is 0 Å². The van der Waals surface area contributed by atoms with Crippen LogP contribution in [0.5, 0.6) is 0 Å². The Bertz CT molecular complexity index is 720. The van der Waals surface area contributed by atoms with Crippen molar-refractivity contribution in [3.05, 3.63) is 0 Å². The molecule has 3 atom stereocenters. The molecule has 1 fully saturated rings. The third-order valence-electron chi connectivity index (χ3n) is 11.4. The van der Waals surface area contributed by atoms with Crippen molar-refractivity contribution in [3.8, 4) is 0 Å². The molecule has 0 aromatic carbocycles. The van der Waals surface area contributed by atoms with Gasteiger partial charge in [-0.2, -0.15) is 0 Å². The number of aliphatic carboxylic acids is 2. The first-order valence-electron chi connectivity index (χ1n) is 20.3. The zero-order chi connectivity index (χ0) is 33.1. The summed E-state index contributed by atoms with van der Waals surface area (Å²) < 4.78 is 0. The molecule has 0 spiro atoms. The Morgan fingerprint density at radius 1 is 0.467 bits per heavy atom. The van der Waals surface area contributed by atoms with Crippen LogP contribution in [-0.2, 0) is 9.59 Å². The van der Waals surface area contributed by atoms with Gasteiger partial charge in [0.2, 0.25) is 0 Å². The van der Waals surface area contributed by atoms with Crippen LogP contribution in [0.4, 0.5) is 0 Å². The minimum Gasteiger partial charge on any atom is -0.481 e. The maximum Gasteiger partial charge on any atom is 0.310 e. The lowest BCUT2D eigenvalue weighted by molar-refractivity contribution is -0.185. The summed E-state index contributed by atoms with van der Waals surface area (Å²) in [7, 11) is 0. The van der Waals surface area contributed by atoms with Crippen LogP contribution < -0.4 is 0 Å². The van der Waals surface area contributed by atoms with Crippen molar-refractivity contribution in [3.63, 3.8) is 0 Å². The van der Waals surface area contributed by atoms with Crippen LogP contribution in [0.3, 0.4) is 0 Å². The average Bonchev–Trinajstić information content (AvgIpc) is 3.02. The van der Waals surface area contributed by atoms with E-state index in [2.05, 4.69) is 20.8 Å². The van der Waals surface area contributed by atoms with Gasteiger partial charge >= 0.3 is 11.9 Å². The van der Waals surface area contributed by atoms with Gasteiger partial charge in [-0.1, -0.05) is 201 Å². The lowest BCUT2D eigenvalue weighted by atomic mass is 9.50. The molecule has 0 amide bonds. The third kappa shape index (κ3) is 17.1. The van der Waals surface area contributed by atoms with Crippen LogP contribution in [-0.4, -0.2) is 22.2 Å². The van der Waals surface area contributed by atoms with Gasteiger partial charge in [0.05, 0.1) is 10.8 Å². The number of unbranched alkanes of at least 4 members (excludes halogenated alkanes) is 26. The molecule has 0 saturated heterocycles. The van der Waals surface area contributed by atoms with Gasteiger partial charge in [0, 0.05) is 0 Å². The summed E-state index contributed by atoms with van der Waals surface area (Å²) >= 11 is 0. The smallest absolute Gasteiger partial charge is 0.310 e. The van der Waals surface area contributed by atoms with E-state index in [0.717, 1.165) is 44.9 Å². The SMILES string of the molecule is CCCCCCCCCCCCCCCCC1(C(=O)O)CCC(C)CC1(CCCCCCCCCCCCCCCC)C(=O)O. The van der Waals surface area contributed by atoms with Crippen LogP contribution in [0.1, 0.15) is 233 Å². The van der Waals surface area contributed by atoms with E-state index in [1.807, 2.05) is 0 Å². The molecule has 1 rings (SSSR count). The molecule has 3 unspecified atom stereocenters. The molecule has 2 N–H and O–H groups in total. The standard InChI is InChI=1S/C41H78O4/c1-4-6-8-10-12-14-16-18-20-22-24-26-28-30-33-40(38(42)43)35-32-37(3)36-41(40,39(44)45)34-31-29-27-25-23-21-19-17-15-13-11-9-7-5-2/h37H,4-36H2,1-3H3,(H,42,43)(H,44,45). The normalized spacial score (nSPS) is 21.7. The predicted molar refractivity (Wildman–Crippen MR) is 193 cm³/mol. The average molecular weight is 635 g/mol. The Labute approximate surface area is 280 Å². The summed E-state index contributed by atoms with van der Waals surface area (Å²) in [6.07, 6.45) is 38.5. The highest BCUT2D eigenvalue weighted by molar-refractivity contribution is 5.87. The molecule has 4 nitrogen and oxygen atoms in total. The zero-order valence-corrected chi connectivity index (χ0v) is 30.6. The summed E-state index contributed by atoms with van der Waals surface area (Å²) in [5.41, 5.74) is -2.23. The largest absolute Gasteiger partial charge is 0.481 e. The highest BCUT2D eigenvalue weighted by Gasteiger charge is 2.62. The van der Waals surface area contributed by atoms with Crippen molar-refractivity contribution in [2.45, 2.75) is 233 Å². The fourth-order valence-corrected chi connectivity index (χ4v) is 8.39. The quantitative estimate of drug-likeness (QED) is 0.0722. The van der Waals surface area contributed by atoms with Crippen molar-refractivity contribution < 1.29 is 19.8 Å². The van der Waals surface area contributed by atoms with Gasteiger partial charge in [0.25, 0.3) is 0 Å². The van der Waals surface area contributed by atoms with Gasteiger partial charge in [-0.3, -0.25) is 9.59 Å². The van der Waals surface area contributed by atoms with Crippen molar-refractivity contribution in [2.24, 2.45) is 16.7 Å². The van der Waals surface area contributed by atoms with E-state index in [9.17, 15) is 19.8 Å². The van der Waals surface area contributed by atoms with E-state index in [4.69, 9.17) is 0 Å². The highest BCUT2D eigenvalue weighted by Crippen LogP contribution is 2.58. The summed E-state index contributed by atoms with van der Waals surface area (Å²) in [5.74, 6) is -1.43. The van der Waals surface area contributed by atoms with E-state index < -0.39 is 22.8 Å². The van der Waals surface area contributed by atoms with Gasteiger partial charge in [-0.15, -0.1) is 0 Å². The number of carboxylic acids is 2. The minimum absolute atomic E-state index is 0.275. The van der Waals surface area contributed by atoms with E-state index in [1.54, 1.807) is 0 Å². The molecule has 0 bridgehead atoms. The molecule has 1 saturated carbocycles. The van der Waals surface area contributed by atoms with Crippen molar-refractivity contribution in [2.75, 3.05) is 0 Å². The maximum atomic E-state index is 13.0. The van der Waals surface area contributed by atoms with Gasteiger partial charge in [0.1, 0.15) is 0 Å². The van der Waals surface area contributed by atoms with Crippen LogP contribution in [0.15, 0.2) is 0 Å².